The highest BCUT2D eigenvalue weighted by Crippen LogP contribution is 2.36. The van der Waals surface area contributed by atoms with E-state index < -0.39 is 5.54 Å². The molecule has 0 aliphatic heterocycles. The smallest absolute Gasteiger partial charge is 0.243 e. The van der Waals surface area contributed by atoms with Gasteiger partial charge in [0.1, 0.15) is 11.2 Å². The zero-order valence-electron chi connectivity index (χ0n) is 16.0. The molecule has 0 spiro atoms. The van der Waals surface area contributed by atoms with E-state index >= 15 is 0 Å². The van der Waals surface area contributed by atoms with E-state index in [1.54, 1.807) is 20.4 Å². The van der Waals surface area contributed by atoms with Crippen LogP contribution in [-0.2, 0) is 4.79 Å². The number of primary amides is 1. The quantitative estimate of drug-likeness (QED) is 0.517. The number of methoxy groups -OCH3 is 2. The summed E-state index contributed by atoms with van der Waals surface area (Å²) in [6.45, 7) is 0. The van der Waals surface area contributed by atoms with Crippen LogP contribution in [-0.4, -0.2) is 45.8 Å². The van der Waals surface area contributed by atoms with Gasteiger partial charge >= 0.3 is 0 Å². The third-order valence-corrected chi connectivity index (χ3v) is 5.42. The number of fused-ring (bicyclic) bond motifs is 1. The van der Waals surface area contributed by atoms with Crippen LogP contribution in [0.3, 0.4) is 0 Å². The number of hydrogen-bond acceptors (Lipinski definition) is 6. The number of aromatic nitrogens is 4. The van der Waals surface area contributed by atoms with Crippen LogP contribution in [0, 0.1) is 0 Å². The number of rotatable bonds is 6. The molecule has 2 heterocycles. The summed E-state index contributed by atoms with van der Waals surface area (Å²) in [4.78, 5) is 20.1. The Hall–Kier alpha value is -3.23. The zero-order chi connectivity index (χ0) is 19.7. The number of benzene rings is 1. The van der Waals surface area contributed by atoms with Crippen molar-refractivity contribution in [3.8, 4) is 23.0 Å². The number of anilines is 1. The van der Waals surface area contributed by atoms with Gasteiger partial charge in [0.25, 0.3) is 0 Å². The molecule has 0 bridgehead atoms. The predicted octanol–water partition coefficient (Wildman–Crippen LogP) is 2.57. The molecule has 0 atom stereocenters. The lowest BCUT2D eigenvalue weighted by atomic mass is 9.81. The first-order chi connectivity index (χ1) is 13.6. The van der Waals surface area contributed by atoms with Crippen LogP contribution in [0.15, 0.2) is 18.3 Å². The molecule has 0 radical (unpaired) electrons. The Kier molecular flexibility index (Phi) is 4.58. The second kappa shape index (κ2) is 7.06. The first-order valence-electron chi connectivity index (χ1n) is 9.30. The standard InChI is InChI=1S/C19H24N6O3/c1-27-14-8-11-12(9-15(14)28-2)23-17(22-11)16-13(10-21-25-16)24-19(18(20)26)6-4-3-5-7-19/h8-10,24H,3-7H2,1-2H3,(H2,20,26)(H,21,25)(H,22,23). The molecular weight excluding hydrogens is 360 g/mol. The number of carbonyl (C=O) groups excluding carboxylic acids is 1. The molecule has 0 unspecified atom stereocenters. The molecule has 1 aromatic carbocycles. The van der Waals surface area contributed by atoms with Crippen LogP contribution in [0.25, 0.3) is 22.6 Å². The second-order valence-corrected chi connectivity index (χ2v) is 7.10. The van der Waals surface area contributed by atoms with Gasteiger partial charge in [-0.25, -0.2) is 4.98 Å². The second-order valence-electron chi connectivity index (χ2n) is 7.10. The van der Waals surface area contributed by atoms with Crippen molar-refractivity contribution in [3.63, 3.8) is 0 Å². The Morgan fingerprint density at radius 2 is 1.89 bits per heavy atom. The number of amides is 1. The maximum Gasteiger partial charge on any atom is 0.243 e. The van der Waals surface area contributed by atoms with Crippen molar-refractivity contribution >= 4 is 22.6 Å². The third-order valence-electron chi connectivity index (χ3n) is 5.42. The number of nitrogens with one attached hydrogen (secondary N) is 3. The van der Waals surface area contributed by atoms with Gasteiger partial charge in [-0.15, -0.1) is 0 Å². The molecule has 5 N–H and O–H groups in total. The van der Waals surface area contributed by atoms with Gasteiger partial charge in [-0.3, -0.25) is 9.89 Å². The highest BCUT2D eigenvalue weighted by atomic mass is 16.5. The van der Waals surface area contributed by atoms with E-state index in [-0.39, 0.29) is 5.91 Å². The number of imidazole rings is 1. The number of H-pyrrole nitrogens is 2. The zero-order valence-corrected chi connectivity index (χ0v) is 16.0. The first kappa shape index (κ1) is 18.1. The van der Waals surface area contributed by atoms with Crippen LogP contribution in [0.2, 0.25) is 0 Å². The topological polar surface area (TPSA) is 131 Å². The number of nitrogens with zero attached hydrogens (tertiary/aromatic N) is 2. The summed E-state index contributed by atoms with van der Waals surface area (Å²) in [5.41, 5.74) is 7.89. The van der Waals surface area contributed by atoms with Crippen molar-refractivity contribution in [2.24, 2.45) is 5.73 Å². The normalized spacial score (nSPS) is 16.1. The van der Waals surface area contributed by atoms with Gasteiger partial charge in [-0.2, -0.15) is 5.10 Å². The Bertz CT molecular complexity index is 961. The molecule has 2 aromatic heterocycles. The molecule has 3 aromatic rings. The van der Waals surface area contributed by atoms with Gasteiger partial charge in [-0.1, -0.05) is 19.3 Å². The molecular formula is C19H24N6O3. The van der Waals surface area contributed by atoms with E-state index in [9.17, 15) is 4.79 Å². The van der Waals surface area contributed by atoms with Gasteiger partial charge < -0.3 is 25.5 Å². The minimum atomic E-state index is -0.755. The minimum absolute atomic E-state index is 0.335. The SMILES string of the molecule is COc1cc2nc(-c3[nH]ncc3NC3(C(N)=O)CCCCC3)[nH]c2cc1OC. The van der Waals surface area contributed by atoms with E-state index in [0.29, 0.717) is 41.5 Å². The lowest BCUT2D eigenvalue weighted by molar-refractivity contribution is -0.123. The van der Waals surface area contributed by atoms with Crippen molar-refractivity contribution < 1.29 is 14.3 Å². The predicted molar refractivity (Wildman–Crippen MR) is 105 cm³/mol. The average molecular weight is 384 g/mol. The van der Waals surface area contributed by atoms with Crippen molar-refractivity contribution in [2.75, 3.05) is 19.5 Å². The monoisotopic (exact) mass is 384 g/mol. The molecule has 1 aliphatic carbocycles. The summed E-state index contributed by atoms with van der Waals surface area (Å²) in [5.74, 6) is 1.48. The lowest BCUT2D eigenvalue weighted by Crippen LogP contribution is -2.51. The summed E-state index contributed by atoms with van der Waals surface area (Å²) >= 11 is 0. The molecule has 1 aliphatic rings. The third kappa shape index (κ3) is 3.02. The van der Waals surface area contributed by atoms with E-state index in [1.165, 1.54) is 0 Å². The highest BCUT2D eigenvalue weighted by molar-refractivity contribution is 5.90. The molecule has 1 saturated carbocycles. The Labute approximate surface area is 162 Å². The van der Waals surface area contributed by atoms with Crippen molar-refractivity contribution in [1.29, 1.82) is 0 Å². The highest BCUT2D eigenvalue weighted by Gasteiger charge is 2.38. The lowest BCUT2D eigenvalue weighted by Gasteiger charge is -2.35. The first-order valence-corrected chi connectivity index (χ1v) is 9.30. The van der Waals surface area contributed by atoms with Gasteiger partial charge in [0, 0.05) is 12.1 Å². The average Bonchev–Trinajstić information content (AvgIpc) is 3.33. The van der Waals surface area contributed by atoms with Crippen LogP contribution in [0.1, 0.15) is 32.1 Å². The van der Waals surface area contributed by atoms with Crippen LogP contribution in [0.4, 0.5) is 5.69 Å². The summed E-state index contributed by atoms with van der Waals surface area (Å²) < 4.78 is 10.7. The molecule has 28 heavy (non-hydrogen) atoms. The van der Waals surface area contributed by atoms with Crippen LogP contribution >= 0.6 is 0 Å². The Morgan fingerprint density at radius 3 is 2.57 bits per heavy atom. The molecule has 1 amide bonds. The Balaban J connectivity index is 1.71. The summed E-state index contributed by atoms with van der Waals surface area (Å²) in [5, 5.41) is 10.5. The fraction of sp³-hybridized carbons (Fsp3) is 0.421. The molecule has 1 fully saturated rings. The van der Waals surface area contributed by atoms with Crippen molar-refractivity contribution in [3.05, 3.63) is 18.3 Å². The van der Waals surface area contributed by atoms with Crippen molar-refractivity contribution in [1.82, 2.24) is 20.2 Å². The van der Waals surface area contributed by atoms with E-state index in [0.717, 1.165) is 30.3 Å². The minimum Gasteiger partial charge on any atom is -0.493 e. The van der Waals surface area contributed by atoms with Gasteiger partial charge in [0.15, 0.2) is 17.3 Å². The number of hydrogen-bond donors (Lipinski definition) is 4. The maximum absolute atomic E-state index is 12.2. The van der Waals surface area contributed by atoms with Crippen molar-refractivity contribution in [2.45, 2.75) is 37.6 Å². The fourth-order valence-corrected chi connectivity index (χ4v) is 3.86. The van der Waals surface area contributed by atoms with E-state index in [4.69, 9.17) is 15.2 Å². The molecule has 0 saturated heterocycles. The molecule has 148 valence electrons. The van der Waals surface area contributed by atoms with E-state index in [1.807, 2.05) is 12.1 Å². The number of ether oxygens (including phenoxy) is 2. The van der Waals surface area contributed by atoms with Gasteiger partial charge in [0.05, 0.1) is 37.1 Å². The summed E-state index contributed by atoms with van der Waals surface area (Å²) in [7, 11) is 3.17. The molecule has 4 rings (SSSR count). The largest absolute Gasteiger partial charge is 0.493 e. The number of nitrogens with two attached hydrogens (primary N) is 1. The van der Waals surface area contributed by atoms with Crippen LogP contribution < -0.4 is 20.5 Å². The summed E-state index contributed by atoms with van der Waals surface area (Å²) in [6.07, 6.45) is 6.12. The molecule has 9 heteroatoms. The van der Waals surface area contributed by atoms with Gasteiger partial charge in [-0.05, 0) is 12.8 Å². The summed E-state index contributed by atoms with van der Waals surface area (Å²) in [6, 6.07) is 3.64. The maximum atomic E-state index is 12.2. The van der Waals surface area contributed by atoms with Crippen LogP contribution in [0.5, 0.6) is 11.5 Å². The van der Waals surface area contributed by atoms with E-state index in [2.05, 4.69) is 25.5 Å². The number of aromatic amines is 2. The number of carbonyl (C=O) groups is 1. The Morgan fingerprint density at radius 1 is 1.18 bits per heavy atom. The van der Waals surface area contributed by atoms with Gasteiger partial charge in [0.2, 0.25) is 5.91 Å². The fourth-order valence-electron chi connectivity index (χ4n) is 3.86. The molecule has 9 nitrogen and oxygen atoms in total.